The minimum absolute atomic E-state index is 0.782. The topological polar surface area (TPSA) is 0 Å². The van der Waals surface area contributed by atoms with E-state index < -0.39 is 0 Å². The predicted molar refractivity (Wildman–Crippen MR) is 72.8 cm³/mol. The van der Waals surface area contributed by atoms with Gasteiger partial charge in [0.25, 0.3) is 0 Å². The van der Waals surface area contributed by atoms with Crippen molar-refractivity contribution in [2.45, 2.75) is 21.2 Å². The van der Waals surface area contributed by atoms with Crippen molar-refractivity contribution in [2.24, 2.45) is 46.8 Å². The van der Waals surface area contributed by atoms with Crippen molar-refractivity contribution < 1.29 is 0 Å². The molecule has 0 aromatic heterocycles. The third kappa shape index (κ3) is 0.519. The van der Waals surface area contributed by atoms with Crippen molar-refractivity contribution in [1.82, 2.24) is 0 Å². The van der Waals surface area contributed by atoms with Crippen LogP contribution >= 0.6 is 45.2 Å². The highest BCUT2D eigenvalue weighted by Gasteiger charge is 2.86. The number of hydrogen-bond acceptors (Lipinski definition) is 0. The Morgan fingerprint density at radius 3 is 2.50 bits per heavy atom. The molecule has 6 aliphatic carbocycles. The first-order valence-corrected chi connectivity index (χ1v) is 8.44. The molecule has 6 aliphatic rings. The molecule has 0 unspecified atom stereocenters. The standard InChI is InChI=1S/C12H14I2/c1-12-8-4-2-3-5(6(4)11(12)14)9(12)10(13)7(3)8/h3-11H,2H2,1H3/t3-,4-,5-,6+,7+,8+,9-,10+,11-,12+/m0/s1. The second kappa shape index (κ2) is 2.08. The highest BCUT2D eigenvalue weighted by Crippen LogP contribution is 2.89. The van der Waals surface area contributed by atoms with Gasteiger partial charge in [0.1, 0.15) is 0 Å². The van der Waals surface area contributed by atoms with E-state index in [1.165, 1.54) is 17.8 Å². The minimum Gasteiger partial charge on any atom is -0.0820 e. The average molecular weight is 412 g/mol. The molecule has 76 valence electrons. The zero-order valence-corrected chi connectivity index (χ0v) is 12.5. The van der Waals surface area contributed by atoms with Crippen LogP contribution in [0.5, 0.6) is 0 Å². The molecule has 0 N–H and O–H groups in total. The van der Waals surface area contributed by atoms with Crippen molar-refractivity contribution >= 4 is 45.2 Å². The Kier molecular flexibility index (Phi) is 1.27. The fraction of sp³-hybridized carbons (Fsp3) is 1.00. The molecule has 0 heterocycles. The normalized spacial score (nSPS) is 85.5. The maximum absolute atomic E-state index is 2.82. The Morgan fingerprint density at radius 2 is 1.79 bits per heavy atom. The van der Waals surface area contributed by atoms with E-state index in [-0.39, 0.29) is 0 Å². The molecular weight excluding hydrogens is 398 g/mol. The fourth-order valence-electron chi connectivity index (χ4n) is 6.99. The Hall–Kier alpha value is 1.46. The summed E-state index contributed by atoms with van der Waals surface area (Å²) in [5, 5.41) is 0. The van der Waals surface area contributed by atoms with E-state index >= 15 is 0 Å². The molecule has 10 atom stereocenters. The minimum atomic E-state index is 0.782. The van der Waals surface area contributed by atoms with Gasteiger partial charge in [0.15, 0.2) is 0 Å². The van der Waals surface area contributed by atoms with Crippen LogP contribution in [0.15, 0.2) is 0 Å². The molecule has 6 fully saturated rings. The molecule has 2 heteroatoms. The second-order valence-electron chi connectivity index (χ2n) is 6.56. The quantitative estimate of drug-likeness (QED) is 0.423. The van der Waals surface area contributed by atoms with Crippen LogP contribution in [0.3, 0.4) is 0 Å². The molecule has 0 radical (unpaired) electrons. The Bertz CT molecular complexity index is 348. The Morgan fingerprint density at radius 1 is 1.00 bits per heavy atom. The highest BCUT2D eigenvalue weighted by atomic mass is 127. The van der Waals surface area contributed by atoms with Crippen molar-refractivity contribution in [3.05, 3.63) is 0 Å². The van der Waals surface area contributed by atoms with Gasteiger partial charge in [-0.2, -0.15) is 0 Å². The summed E-state index contributed by atoms with van der Waals surface area (Å²) in [6.45, 7) is 2.65. The highest BCUT2D eigenvalue weighted by molar-refractivity contribution is 14.1. The smallest absolute Gasteiger partial charge is 0.0203 e. The molecule has 6 rings (SSSR count). The summed E-state index contributed by atoms with van der Waals surface area (Å²) in [6.07, 6.45) is 1.63. The van der Waals surface area contributed by atoms with Crippen LogP contribution in [0.4, 0.5) is 0 Å². The predicted octanol–water partition coefficient (Wildman–Crippen LogP) is 3.37. The molecule has 0 aliphatic heterocycles. The summed E-state index contributed by atoms with van der Waals surface area (Å²) in [7, 11) is 0. The SMILES string of the molecule is C[C@@]12[C@@H]3[C@H](I)[C@@H]4[C@H]5C[C@@H]([C@H]([C@H]53)[C@@H]1I)[C@H]42. The first-order chi connectivity index (χ1) is 6.67. The van der Waals surface area contributed by atoms with Crippen molar-refractivity contribution in [2.75, 3.05) is 0 Å². The van der Waals surface area contributed by atoms with Crippen molar-refractivity contribution in [1.29, 1.82) is 0 Å². The molecule has 0 saturated heterocycles. The summed E-state index contributed by atoms with van der Waals surface area (Å²) in [5.74, 6) is 8.18. The largest absolute Gasteiger partial charge is 0.0820 e. The van der Waals surface area contributed by atoms with Gasteiger partial charge in [-0.3, -0.25) is 0 Å². The summed E-state index contributed by atoms with van der Waals surface area (Å²) < 4.78 is 2.10. The number of rotatable bonds is 0. The van der Waals surface area contributed by atoms with Gasteiger partial charge in [-0.1, -0.05) is 52.1 Å². The van der Waals surface area contributed by atoms with Gasteiger partial charge in [-0.15, -0.1) is 0 Å². The molecule has 6 saturated carbocycles. The van der Waals surface area contributed by atoms with Crippen LogP contribution in [0.25, 0.3) is 0 Å². The van der Waals surface area contributed by atoms with Crippen LogP contribution in [0, 0.1) is 46.8 Å². The van der Waals surface area contributed by atoms with E-state index in [1.54, 1.807) is 6.42 Å². The summed E-state index contributed by atoms with van der Waals surface area (Å²) >= 11 is 5.64. The van der Waals surface area contributed by atoms with Gasteiger partial charge in [0.05, 0.1) is 0 Å². The molecule has 0 nitrogen and oxygen atoms in total. The van der Waals surface area contributed by atoms with Crippen molar-refractivity contribution in [3.8, 4) is 0 Å². The molecule has 0 aromatic carbocycles. The van der Waals surface area contributed by atoms with Gasteiger partial charge in [0.2, 0.25) is 0 Å². The first-order valence-electron chi connectivity index (χ1n) is 5.95. The Labute approximate surface area is 112 Å². The van der Waals surface area contributed by atoms with E-state index in [0.29, 0.717) is 0 Å². The zero-order valence-electron chi connectivity index (χ0n) is 8.16. The number of halogens is 2. The maximum Gasteiger partial charge on any atom is 0.0203 e. The summed E-state index contributed by atoms with van der Waals surface area (Å²) in [5.41, 5.74) is 0.782. The van der Waals surface area contributed by atoms with Crippen LogP contribution in [0.1, 0.15) is 13.3 Å². The molecule has 0 amide bonds. The van der Waals surface area contributed by atoms with Gasteiger partial charge in [-0.25, -0.2) is 0 Å². The molecule has 0 spiro atoms. The third-order valence-electron chi connectivity index (χ3n) is 6.84. The van der Waals surface area contributed by atoms with E-state index in [9.17, 15) is 0 Å². The molecule has 0 aromatic rings. The molecule has 14 heavy (non-hydrogen) atoms. The Balaban J connectivity index is 1.88. The van der Waals surface area contributed by atoms with E-state index in [0.717, 1.165) is 36.9 Å². The second-order valence-corrected chi connectivity index (χ2v) is 9.34. The molecular formula is C12H14I2. The van der Waals surface area contributed by atoms with Gasteiger partial charge < -0.3 is 0 Å². The summed E-state index contributed by atoms with van der Waals surface area (Å²) in [6, 6.07) is 0. The van der Waals surface area contributed by atoms with E-state index in [2.05, 4.69) is 52.1 Å². The van der Waals surface area contributed by atoms with E-state index in [4.69, 9.17) is 0 Å². The molecule has 6 bridgehead atoms. The lowest BCUT2D eigenvalue weighted by atomic mass is 9.64. The van der Waals surface area contributed by atoms with Crippen LogP contribution < -0.4 is 0 Å². The number of hydrogen-bond donors (Lipinski definition) is 0. The summed E-state index contributed by atoms with van der Waals surface area (Å²) in [4.78, 5) is 0. The zero-order chi connectivity index (χ0) is 9.40. The third-order valence-corrected chi connectivity index (χ3v) is 10.6. The van der Waals surface area contributed by atoms with Crippen molar-refractivity contribution in [3.63, 3.8) is 0 Å². The lowest BCUT2D eigenvalue weighted by molar-refractivity contribution is 0.0703. The van der Waals surface area contributed by atoms with Crippen LogP contribution in [0.2, 0.25) is 0 Å². The fourth-order valence-corrected chi connectivity index (χ4v) is 11.1. The maximum atomic E-state index is 2.82. The lowest BCUT2D eigenvalue weighted by Gasteiger charge is -2.40. The van der Waals surface area contributed by atoms with E-state index in [1.807, 2.05) is 0 Å². The van der Waals surface area contributed by atoms with Gasteiger partial charge in [0, 0.05) is 7.85 Å². The lowest BCUT2D eigenvalue weighted by Crippen LogP contribution is -2.37. The van der Waals surface area contributed by atoms with Gasteiger partial charge in [-0.05, 0) is 53.3 Å². The monoisotopic (exact) mass is 412 g/mol. The first kappa shape index (κ1) is 8.54. The number of alkyl halides is 2. The average Bonchev–Trinajstić information content (AvgIpc) is 2.81. The van der Waals surface area contributed by atoms with Gasteiger partial charge >= 0.3 is 0 Å². The van der Waals surface area contributed by atoms with Crippen LogP contribution in [-0.4, -0.2) is 7.85 Å². The van der Waals surface area contributed by atoms with Crippen LogP contribution in [-0.2, 0) is 0 Å².